The molecule has 0 amide bonds. The Balaban J connectivity index is 2.23. The van der Waals surface area contributed by atoms with Gasteiger partial charge in [-0.3, -0.25) is 9.59 Å². The second-order valence-electron chi connectivity index (χ2n) is 4.37. The molecule has 0 saturated heterocycles. The Morgan fingerprint density at radius 2 is 2.00 bits per heavy atom. The quantitative estimate of drug-likeness (QED) is 0.621. The lowest BCUT2D eigenvalue weighted by Crippen LogP contribution is -2.02. The molecular weight excluding hydrogens is 340 g/mol. The maximum Gasteiger partial charge on any atom is 0.310 e. The summed E-state index contributed by atoms with van der Waals surface area (Å²) in [5, 5.41) is 0. The van der Waals surface area contributed by atoms with E-state index in [2.05, 4.69) is 20.7 Å². The summed E-state index contributed by atoms with van der Waals surface area (Å²) in [6, 6.07) is 9.15. The molecule has 0 spiro atoms. The molecule has 1 aromatic carbocycles. The summed E-state index contributed by atoms with van der Waals surface area (Å²) in [5.41, 5.74) is 1.66. The maximum atomic E-state index is 12.4. The summed E-state index contributed by atoms with van der Waals surface area (Å²) in [6.07, 6.45) is 0.200. The van der Waals surface area contributed by atoms with Crippen LogP contribution >= 0.6 is 27.3 Å². The van der Waals surface area contributed by atoms with Crippen LogP contribution in [0.15, 0.2) is 34.8 Å². The van der Waals surface area contributed by atoms with Gasteiger partial charge < -0.3 is 4.74 Å². The normalized spacial score (nSPS) is 10.3. The summed E-state index contributed by atoms with van der Waals surface area (Å²) >= 11 is 4.72. The van der Waals surface area contributed by atoms with E-state index < -0.39 is 0 Å². The minimum absolute atomic E-state index is 0.0319. The topological polar surface area (TPSA) is 43.4 Å². The second kappa shape index (κ2) is 6.33. The molecule has 0 aliphatic carbocycles. The van der Waals surface area contributed by atoms with Crippen molar-refractivity contribution in [2.45, 2.75) is 13.3 Å². The van der Waals surface area contributed by atoms with E-state index in [4.69, 9.17) is 0 Å². The van der Waals surface area contributed by atoms with Crippen LogP contribution in [0.2, 0.25) is 0 Å². The fraction of sp³-hybridized carbons (Fsp3) is 0.200. The number of methoxy groups -OCH3 is 1. The molecule has 0 N–H and O–H groups in total. The molecule has 2 rings (SSSR count). The molecule has 0 saturated carbocycles. The lowest BCUT2D eigenvalue weighted by atomic mass is 10.1. The van der Waals surface area contributed by atoms with Crippen molar-refractivity contribution in [1.82, 2.24) is 0 Å². The number of hydrogen-bond donors (Lipinski definition) is 0. The molecular formula is C15H13BrO3S. The van der Waals surface area contributed by atoms with Gasteiger partial charge in [0, 0.05) is 14.9 Å². The van der Waals surface area contributed by atoms with E-state index in [1.807, 2.05) is 19.1 Å². The zero-order valence-corrected chi connectivity index (χ0v) is 13.5. The molecule has 20 heavy (non-hydrogen) atoms. The third kappa shape index (κ3) is 3.55. The third-order valence-corrected chi connectivity index (χ3v) is 4.28. The van der Waals surface area contributed by atoms with Crippen LogP contribution < -0.4 is 0 Å². The molecule has 0 aliphatic heterocycles. The fourth-order valence-corrected chi connectivity index (χ4v) is 3.38. The molecule has 0 aliphatic rings. The third-order valence-electron chi connectivity index (χ3n) is 2.74. The molecule has 1 heterocycles. The van der Waals surface area contributed by atoms with Crippen molar-refractivity contribution in [3.63, 3.8) is 0 Å². The molecule has 0 fully saturated rings. The zero-order chi connectivity index (χ0) is 14.7. The smallest absolute Gasteiger partial charge is 0.310 e. The van der Waals surface area contributed by atoms with Crippen molar-refractivity contribution in [2.24, 2.45) is 0 Å². The van der Waals surface area contributed by atoms with E-state index in [1.165, 1.54) is 18.4 Å². The Bertz CT molecular complexity index is 641. The van der Waals surface area contributed by atoms with E-state index in [9.17, 15) is 9.59 Å². The first-order chi connectivity index (χ1) is 9.49. The lowest BCUT2D eigenvalue weighted by Gasteiger charge is -2.01. The van der Waals surface area contributed by atoms with Crippen LogP contribution in [0, 0.1) is 6.92 Å². The number of ether oxygens (including phenoxy) is 1. The minimum Gasteiger partial charge on any atom is -0.469 e. The van der Waals surface area contributed by atoms with Crippen LogP contribution in [0.1, 0.15) is 25.7 Å². The van der Waals surface area contributed by atoms with E-state index in [0.717, 1.165) is 14.9 Å². The number of rotatable bonds is 4. The van der Waals surface area contributed by atoms with Gasteiger partial charge in [0.25, 0.3) is 0 Å². The van der Waals surface area contributed by atoms with Gasteiger partial charge in [0.2, 0.25) is 5.78 Å². The van der Waals surface area contributed by atoms with Crippen LogP contribution in [-0.4, -0.2) is 18.9 Å². The Labute approximate surface area is 129 Å². The number of ketones is 1. The molecule has 0 atom stereocenters. The van der Waals surface area contributed by atoms with Crippen molar-refractivity contribution in [1.29, 1.82) is 0 Å². The first kappa shape index (κ1) is 14.9. The molecule has 3 nitrogen and oxygen atoms in total. The zero-order valence-electron chi connectivity index (χ0n) is 11.1. The highest BCUT2D eigenvalue weighted by molar-refractivity contribution is 9.10. The highest BCUT2D eigenvalue weighted by Gasteiger charge is 2.14. The molecule has 0 bridgehead atoms. The first-order valence-corrected chi connectivity index (χ1v) is 7.58. The van der Waals surface area contributed by atoms with Crippen LogP contribution in [0.3, 0.4) is 0 Å². The number of carbonyl (C=O) groups is 2. The van der Waals surface area contributed by atoms with Crippen molar-refractivity contribution in [2.75, 3.05) is 7.11 Å². The summed E-state index contributed by atoms with van der Waals surface area (Å²) in [6.45, 7) is 1.94. The summed E-state index contributed by atoms with van der Waals surface area (Å²) in [4.78, 5) is 25.1. The van der Waals surface area contributed by atoms with Gasteiger partial charge in [-0.25, -0.2) is 0 Å². The predicted molar refractivity (Wildman–Crippen MR) is 82.4 cm³/mol. The molecule has 104 valence electrons. The summed E-state index contributed by atoms with van der Waals surface area (Å²) < 4.78 is 5.50. The van der Waals surface area contributed by atoms with E-state index >= 15 is 0 Å². The van der Waals surface area contributed by atoms with Gasteiger partial charge in [-0.2, -0.15) is 0 Å². The van der Waals surface area contributed by atoms with Gasteiger partial charge in [-0.15, -0.1) is 11.3 Å². The average Bonchev–Trinajstić information content (AvgIpc) is 2.85. The van der Waals surface area contributed by atoms with Gasteiger partial charge in [0.15, 0.2) is 0 Å². The van der Waals surface area contributed by atoms with Crippen LogP contribution in [0.4, 0.5) is 0 Å². The average molecular weight is 353 g/mol. The van der Waals surface area contributed by atoms with Crippen LogP contribution in [0.5, 0.6) is 0 Å². The fourth-order valence-electron chi connectivity index (χ4n) is 1.82. The molecule has 2 aromatic rings. The summed E-state index contributed by atoms with van der Waals surface area (Å²) in [7, 11) is 1.35. The SMILES string of the molecule is COC(=O)Cc1ccc(C(=O)c2cc(C)cc(Br)c2)s1. The number of thiophene rings is 1. The minimum atomic E-state index is -0.302. The maximum absolute atomic E-state index is 12.4. The largest absolute Gasteiger partial charge is 0.469 e. The van der Waals surface area contributed by atoms with Gasteiger partial charge >= 0.3 is 5.97 Å². The number of hydrogen-bond acceptors (Lipinski definition) is 4. The summed E-state index contributed by atoms with van der Waals surface area (Å²) in [5.74, 6) is -0.334. The Hall–Kier alpha value is -1.46. The van der Waals surface area contributed by atoms with E-state index in [1.54, 1.807) is 18.2 Å². The lowest BCUT2D eigenvalue weighted by molar-refractivity contribution is -0.139. The van der Waals surface area contributed by atoms with Gasteiger partial charge in [0.1, 0.15) is 0 Å². The van der Waals surface area contributed by atoms with Crippen molar-refractivity contribution in [3.8, 4) is 0 Å². The Kier molecular flexibility index (Phi) is 4.73. The predicted octanol–water partition coefficient (Wildman–Crippen LogP) is 3.77. The van der Waals surface area contributed by atoms with Crippen molar-refractivity contribution < 1.29 is 14.3 Å². The van der Waals surface area contributed by atoms with Crippen molar-refractivity contribution >= 4 is 39.0 Å². The van der Waals surface area contributed by atoms with E-state index in [0.29, 0.717) is 10.4 Å². The van der Waals surface area contributed by atoms with Gasteiger partial charge in [-0.1, -0.05) is 15.9 Å². The number of carbonyl (C=O) groups excluding carboxylic acids is 2. The monoisotopic (exact) mass is 352 g/mol. The number of halogens is 1. The number of benzene rings is 1. The van der Waals surface area contributed by atoms with Crippen LogP contribution in [-0.2, 0) is 16.0 Å². The Morgan fingerprint density at radius 3 is 2.65 bits per heavy atom. The van der Waals surface area contributed by atoms with Gasteiger partial charge in [0.05, 0.1) is 18.4 Å². The highest BCUT2D eigenvalue weighted by Crippen LogP contribution is 2.23. The standard InChI is InChI=1S/C15H13BrO3S/c1-9-5-10(7-11(16)6-9)15(18)13-4-3-12(20-13)8-14(17)19-2/h3-7H,8H2,1-2H3. The van der Waals surface area contributed by atoms with E-state index in [-0.39, 0.29) is 18.2 Å². The second-order valence-corrected chi connectivity index (χ2v) is 6.45. The first-order valence-electron chi connectivity index (χ1n) is 5.97. The van der Waals surface area contributed by atoms with Crippen LogP contribution in [0.25, 0.3) is 0 Å². The molecule has 0 radical (unpaired) electrons. The highest BCUT2D eigenvalue weighted by atomic mass is 79.9. The number of aryl methyl sites for hydroxylation is 1. The van der Waals surface area contributed by atoms with Gasteiger partial charge in [-0.05, 0) is 42.8 Å². The molecule has 0 unspecified atom stereocenters. The molecule has 1 aromatic heterocycles. The number of esters is 1. The Morgan fingerprint density at radius 1 is 1.25 bits per heavy atom. The molecule has 5 heteroatoms. The van der Waals surface area contributed by atoms with Crippen molar-refractivity contribution in [3.05, 3.63) is 55.7 Å².